The van der Waals surface area contributed by atoms with E-state index in [4.69, 9.17) is 4.74 Å². The van der Waals surface area contributed by atoms with E-state index in [0.717, 1.165) is 17.0 Å². The molecule has 0 spiro atoms. The number of hydrogen-bond acceptors (Lipinski definition) is 2. The van der Waals surface area contributed by atoms with E-state index in [1.165, 1.54) is 0 Å². The monoisotopic (exact) mass is 247 g/mol. The lowest BCUT2D eigenvalue weighted by molar-refractivity contribution is -0.124. The fourth-order valence-corrected chi connectivity index (χ4v) is 1.99. The van der Waals surface area contributed by atoms with Crippen molar-refractivity contribution in [1.82, 2.24) is 0 Å². The Labute approximate surface area is 109 Å². The Morgan fingerprint density at radius 3 is 2.56 bits per heavy atom. The van der Waals surface area contributed by atoms with Crippen molar-refractivity contribution in [3.05, 3.63) is 23.8 Å². The molecule has 1 aromatic carbocycles. The summed E-state index contributed by atoms with van der Waals surface area (Å²) in [5.74, 6) is 0.816. The molecule has 0 unspecified atom stereocenters. The minimum atomic E-state index is -0.506. The van der Waals surface area contributed by atoms with Gasteiger partial charge in [-0.05, 0) is 25.3 Å². The molecule has 1 aromatic rings. The van der Waals surface area contributed by atoms with E-state index in [2.05, 4.69) is 32.2 Å². The standard InChI is InChI=1S/C15H21NO2/c1-14(2,3)10-7-6-8-11-12(10)18-9-15(4,5)13(17)16-11/h6-8H,9H2,1-5H3,(H,16,17). The predicted molar refractivity (Wildman–Crippen MR) is 73.0 cm³/mol. The summed E-state index contributed by atoms with van der Waals surface area (Å²) in [7, 11) is 0. The molecule has 0 radical (unpaired) electrons. The van der Waals surface area contributed by atoms with E-state index in [0.29, 0.717) is 6.61 Å². The number of hydrogen-bond donors (Lipinski definition) is 1. The van der Waals surface area contributed by atoms with Crippen molar-refractivity contribution < 1.29 is 9.53 Å². The van der Waals surface area contributed by atoms with Crippen molar-refractivity contribution >= 4 is 11.6 Å². The molecule has 0 aromatic heterocycles. The smallest absolute Gasteiger partial charge is 0.233 e. The average molecular weight is 247 g/mol. The molecular weight excluding hydrogens is 226 g/mol. The van der Waals surface area contributed by atoms with Crippen LogP contribution in [0.3, 0.4) is 0 Å². The number of anilines is 1. The topological polar surface area (TPSA) is 38.3 Å². The van der Waals surface area contributed by atoms with Crippen LogP contribution in [0.25, 0.3) is 0 Å². The molecule has 3 heteroatoms. The highest BCUT2D eigenvalue weighted by molar-refractivity contribution is 5.97. The fraction of sp³-hybridized carbons (Fsp3) is 0.533. The molecule has 1 aliphatic rings. The van der Waals surface area contributed by atoms with Crippen molar-refractivity contribution in [3.8, 4) is 5.75 Å². The molecule has 0 saturated carbocycles. The van der Waals surface area contributed by atoms with E-state index in [1.54, 1.807) is 0 Å². The molecular formula is C15H21NO2. The summed E-state index contributed by atoms with van der Waals surface area (Å²) in [6, 6.07) is 5.91. The lowest BCUT2D eigenvalue weighted by atomic mass is 9.86. The van der Waals surface area contributed by atoms with Gasteiger partial charge in [0.05, 0.1) is 11.1 Å². The molecule has 0 saturated heterocycles. The van der Waals surface area contributed by atoms with E-state index in [1.807, 2.05) is 26.0 Å². The number of fused-ring (bicyclic) bond motifs is 1. The normalized spacial score (nSPS) is 18.4. The van der Waals surface area contributed by atoms with E-state index in [-0.39, 0.29) is 11.3 Å². The van der Waals surface area contributed by atoms with Gasteiger partial charge >= 0.3 is 0 Å². The van der Waals surface area contributed by atoms with Gasteiger partial charge in [0.15, 0.2) is 0 Å². The highest BCUT2D eigenvalue weighted by Gasteiger charge is 2.34. The van der Waals surface area contributed by atoms with Gasteiger partial charge in [0.2, 0.25) is 5.91 Å². The SMILES string of the molecule is CC1(C)COc2c(cccc2C(C)(C)C)NC1=O. The van der Waals surface area contributed by atoms with Crippen LogP contribution in [-0.2, 0) is 10.2 Å². The Morgan fingerprint density at radius 1 is 1.28 bits per heavy atom. The zero-order chi connectivity index (χ0) is 13.6. The second-order valence-corrected chi connectivity index (χ2v) is 6.56. The van der Waals surface area contributed by atoms with Crippen LogP contribution in [0, 0.1) is 5.41 Å². The Hall–Kier alpha value is -1.51. The molecule has 1 heterocycles. The molecule has 98 valence electrons. The minimum absolute atomic E-state index is 0.00677. The van der Waals surface area contributed by atoms with Crippen LogP contribution in [0.15, 0.2) is 18.2 Å². The molecule has 3 nitrogen and oxygen atoms in total. The first-order chi connectivity index (χ1) is 8.22. The van der Waals surface area contributed by atoms with E-state index >= 15 is 0 Å². The number of ether oxygens (including phenoxy) is 1. The third kappa shape index (κ3) is 2.22. The molecule has 1 aliphatic heterocycles. The summed E-state index contributed by atoms with van der Waals surface area (Å²) in [6.45, 7) is 10.6. The molecule has 2 rings (SSSR count). The van der Waals surface area contributed by atoms with Crippen molar-refractivity contribution in [2.45, 2.75) is 40.0 Å². The first kappa shape index (κ1) is 12.9. The van der Waals surface area contributed by atoms with Gasteiger partial charge < -0.3 is 10.1 Å². The summed E-state index contributed by atoms with van der Waals surface area (Å²) in [5.41, 5.74) is 1.38. The summed E-state index contributed by atoms with van der Waals surface area (Å²) in [6.07, 6.45) is 0. The third-order valence-corrected chi connectivity index (χ3v) is 3.26. The number of rotatable bonds is 0. The quantitative estimate of drug-likeness (QED) is 0.763. The highest BCUT2D eigenvalue weighted by Crippen LogP contribution is 2.40. The highest BCUT2D eigenvalue weighted by atomic mass is 16.5. The summed E-state index contributed by atoms with van der Waals surface area (Å²) < 4.78 is 5.91. The van der Waals surface area contributed by atoms with Crippen LogP contribution in [0.4, 0.5) is 5.69 Å². The number of amides is 1. The van der Waals surface area contributed by atoms with Crippen molar-refractivity contribution in [1.29, 1.82) is 0 Å². The Kier molecular flexibility index (Phi) is 2.88. The Balaban J connectivity index is 2.51. The molecule has 1 amide bonds. The van der Waals surface area contributed by atoms with E-state index < -0.39 is 5.41 Å². The molecule has 0 fully saturated rings. The second kappa shape index (κ2) is 4.01. The van der Waals surface area contributed by atoms with Crippen molar-refractivity contribution in [2.75, 3.05) is 11.9 Å². The average Bonchev–Trinajstić information content (AvgIpc) is 2.35. The number of carbonyl (C=O) groups excluding carboxylic acids is 1. The lowest BCUT2D eigenvalue weighted by Gasteiger charge is -2.24. The third-order valence-electron chi connectivity index (χ3n) is 3.26. The maximum absolute atomic E-state index is 12.1. The maximum atomic E-state index is 12.1. The zero-order valence-electron chi connectivity index (χ0n) is 11.8. The summed E-state index contributed by atoms with van der Waals surface area (Å²) in [5, 5.41) is 2.96. The zero-order valence-corrected chi connectivity index (χ0v) is 11.8. The van der Waals surface area contributed by atoms with Gasteiger partial charge in [0.1, 0.15) is 12.4 Å². The minimum Gasteiger partial charge on any atom is -0.490 e. The van der Waals surface area contributed by atoms with Gasteiger partial charge in [-0.25, -0.2) is 0 Å². The lowest BCUT2D eigenvalue weighted by Crippen LogP contribution is -2.33. The molecule has 1 N–H and O–H groups in total. The van der Waals surface area contributed by atoms with Gasteiger partial charge in [0.25, 0.3) is 0 Å². The van der Waals surface area contributed by atoms with Gasteiger partial charge in [-0.3, -0.25) is 4.79 Å². The van der Waals surface area contributed by atoms with Crippen LogP contribution in [-0.4, -0.2) is 12.5 Å². The fourth-order valence-electron chi connectivity index (χ4n) is 1.99. The Bertz CT molecular complexity index is 484. The number of nitrogens with one attached hydrogen (secondary N) is 1. The maximum Gasteiger partial charge on any atom is 0.233 e. The largest absolute Gasteiger partial charge is 0.490 e. The van der Waals surface area contributed by atoms with Crippen molar-refractivity contribution in [3.63, 3.8) is 0 Å². The molecule has 0 atom stereocenters. The number of benzene rings is 1. The van der Waals surface area contributed by atoms with Gasteiger partial charge in [-0.15, -0.1) is 0 Å². The van der Waals surface area contributed by atoms with E-state index in [9.17, 15) is 4.79 Å². The van der Waals surface area contributed by atoms with Crippen LogP contribution >= 0.6 is 0 Å². The number of para-hydroxylation sites is 1. The summed E-state index contributed by atoms with van der Waals surface area (Å²) >= 11 is 0. The predicted octanol–water partition coefficient (Wildman–Crippen LogP) is 3.34. The van der Waals surface area contributed by atoms with Crippen LogP contribution in [0.1, 0.15) is 40.2 Å². The van der Waals surface area contributed by atoms with Crippen LogP contribution < -0.4 is 10.1 Å². The van der Waals surface area contributed by atoms with Gasteiger partial charge in [0, 0.05) is 5.56 Å². The van der Waals surface area contributed by atoms with Crippen LogP contribution in [0.5, 0.6) is 5.75 Å². The number of carbonyl (C=O) groups is 1. The second-order valence-electron chi connectivity index (χ2n) is 6.56. The van der Waals surface area contributed by atoms with Crippen LogP contribution in [0.2, 0.25) is 0 Å². The molecule has 0 bridgehead atoms. The first-order valence-electron chi connectivity index (χ1n) is 6.29. The molecule has 0 aliphatic carbocycles. The van der Waals surface area contributed by atoms with Gasteiger partial charge in [-0.1, -0.05) is 32.9 Å². The molecule has 18 heavy (non-hydrogen) atoms. The van der Waals surface area contributed by atoms with Gasteiger partial charge in [-0.2, -0.15) is 0 Å². The Morgan fingerprint density at radius 2 is 1.94 bits per heavy atom. The van der Waals surface area contributed by atoms with Crippen molar-refractivity contribution in [2.24, 2.45) is 5.41 Å². The first-order valence-corrected chi connectivity index (χ1v) is 6.29. The summed E-state index contributed by atoms with van der Waals surface area (Å²) in [4.78, 5) is 12.1.